The monoisotopic (exact) mass is 179 g/mol. The van der Waals surface area contributed by atoms with Crippen LogP contribution in [-0.4, -0.2) is 25.8 Å². The predicted octanol–water partition coefficient (Wildman–Crippen LogP) is 1.33. The minimum absolute atomic E-state index is 0.308. The molecule has 0 N–H and O–H groups in total. The van der Waals surface area contributed by atoms with Crippen LogP contribution in [0.4, 0.5) is 0 Å². The van der Waals surface area contributed by atoms with E-state index in [1.165, 1.54) is 14.0 Å². The van der Waals surface area contributed by atoms with E-state index in [1.54, 1.807) is 0 Å². The fourth-order valence-electron chi connectivity index (χ4n) is 0.501. The Bertz CT molecular complexity index is 146. The number of rotatable bonds is 5. The average Bonchev–Trinajstić information content (AvgIpc) is 1.97. The van der Waals surface area contributed by atoms with Crippen LogP contribution in [-0.2, 0) is 18.6 Å². The number of ether oxygens (including phenoxy) is 1. The lowest BCUT2D eigenvalue weighted by Crippen LogP contribution is -2.01. The molecule has 0 aliphatic heterocycles. The van der Waals surface area contributed by atoms with Gasteiger partial charge < -0.3 is 4.74 Å². The number of esters is 1. The average molecular weight is 179 g/mol. The van der Waals surface area contributed by atoms with Gasteiger partial charge in [0.25, 0.3) is 0 Å². The van der Waals surface area contributed by atoms with E-state index in [-0.39, 0.29) is 5.97 Å². The molecule has 5 heteroatoms. The second-order valence-corrected chi connectivity index (χ2v) is 3.41. The fraction of sp³-hybridized carbons (Fsp3) is 0.833. The number of hydrogen-bond donors (Lipinski definition) is 0. The van der Waals surface area contributed by atoms with E-state index in [1.807, 2.05) is 0 Å². The lowest BCUT2D eigenvalue weighted by atomic mass is 10.5. The molecular formula is C6H12O4P+. The van der Waals surface area contributed by atoms with E-state index in [9.17, 15) is 9.36 Å². The normalized spacial score (nSPS) is 10.9. The van der Waals surface area contributed by atoms with E-state index < -0.39 is 8.03 Å². The van der Waals surface area contributed by atoms with Gasteiger partial charge in [0.15, 0.2) is 6.16 Å². The zero-order chi connectivity index (χ0) is 8.69. The molecule has 64 valence electrons. The van der Waals surface area contributed by atoms with E-state index in [0.29, 0.717) is 19.2 Å². The van der Waals surface area contributed by atoms with Crippen molar-refractivity contribution in [2.45, 2.75) is 13.3 Å². The lowest BCUT2D eigenvalue weighted by molar-refractivity contribution is -0.140. The van der Waals surface area contributed by atoms with Crippen LogP contribution in [0.1, 0.15) is 13.3 Å². The van der Waals surface area contributed by atoms with Gasteiger partial charge in [-0.2, -0.15) is 0 Å². The zero-order valence-corrected chi connectivity index (χ0v) is 7.60. The molecular weight excluding hydrogens is 167 g/mol. The molecule has 0 saturated heterocycles. The van der Waals surface area contributed by atoms with Crippen molar-refractivity contribution >= 4 is 14.0 Å². The summed E-state index contributed by atoms with van der Waals surface area (Å²) < 4.78 is 19.8. The summed E-state index contributed by atoms with van der Waals surface area (Å²) in [7, 11) is -0.157. The first kappa shape index (κ1) is 10.5. The Morgan fingerprint density at radius 3 is 2.64 bits per heavy atom. The van der Waals surface area contributed by atoms with Crippen LogP contribution in [0.15, 0.2) is 0 Å². The highest BCUT2D eigenvalue weighted by atomic mass is 31.1. The van der Waals surface area contributed by atoms with Crippen molar-refractivity contribution in [3.8, 4) is 0 Å². The zero-order valence-electron chi connectivity index (χ0n) is 6.70. The van der Waals surface area contributed by atoms with Crippen molar-refractivity contribution in [1.82, 2.24) is 0 Å². The van der Waals surface area contributed by atoms with Crippen LogP contribution >= 0.6 is 8.03 Å². The Kier molecular flexibility index (Phi) is 5.99. The van der Waals surface area contributed by atoms with Crippen molar-refractivity contribution in [2.24, 2.45) is 0 Å². The molecule has 0 aliphatic carbocycles. The molecule has 0 aromatic rings. The molecule has 0 fully saturated rings. The van der Waals surface area contributed by atoms with Crippen LogP contribution < -0.4 is 0 Å². The van der Waals surface area contributed by atoms with E-state index in [0.717, 1.165) is 0 Å². The summed E-state index contributed by atoms with van der Waals surface area (Å²) in [4.78, 5) is 10.2. The Morgan fingerprint density at radius 2 is 2.18 bits per heavy atom. The van der Waals surface area contributed by atoms with Crippen LogP contribution in [0.3, 0.4) is 0 Å². The van der Waals surface area contributed by atoms with Crippen molar-refractivity contribution in [3.05, 3.63) is 0 Å². The maximum absolute atomic E-state index is 10.6. The molecule has 0 rings (SSSR count). The van der Waals surface area contributed by atoms with Gasteiger partial charge in [0.05, 0.1) is 13.7 Å². The first-order valence-corrected chi connectivity index (χ1v) is 4.65. The minimum Gasteiger partial charge on any atom is -0.466 e. The maximum Gasteiger partial charge on any atom is 0.507 e. The van der Waals surface area contributed by atoms with Gasteiger partial charge in [0, 0.05) is 13.3 Å². The highest BCUT2D eigenvalue weighted by Crippen LogP contribution is 2.20. The van der Waals surface area contributed by atoms with Gasteiger partial charge >= 0.3 is 14.0 Å². The summed E-state index contributed by atoms with van der Waals surface area (Å²) >= 11 is 0. The highest BCUT2D eigenvalue weighted by molar-refractivity contribution is 7.39. The lowest BCUT2D eigenvalue weighted by Gasteiger charge is -1.95. The Morgan fingerprint density at radius 1 is 1.55 bits per heavy atom. The second kappa shape index (κ2) is 6.25. The molecule has 0 aliphatic rings. The van der Waals surface area contributed by atoms with Crippen LogP contribution in [0, 0.1) is 0 Å². The summed E-state index contributed by atoms with van der Waals surface area (Å²) in [5.74, 6) is -0.308. The molecule has 0 radical (unpaired) electrons. The molecule has 0 spiro atoms. The molecule has 0 saturated carbocycles. The molecule has 1 atom stereocenters. The van der Waals surface area contributed by atoms with Gasteiger partial charge in [-0.05, 0) is 4.57 Å². The molecule has 0 aromatic heterocycles. The first-order valence-electron chi connectivity index (χ1n) is 3.29. The molecule has 0 amide bonds. The maximum atomic E-state index is 10.6. The summed E-state index contributed by atoms with van der Waals surface area (Å²) in [6, 6.07) is 0. The summed E-state index contributed by atoms with van der Waals surface area (Å²) in [6.07, 6.45) is 1.03. The van der Waals surface area contributed by atoms with Gasteiger partial charge in [-0.25, -0.2) is 0 Å². The van der Waals surface area contributed by atoms with Crippen molar-refractivity contribution < 1.29 is 18.6 Å². The summed E-state index contributed by atoms with van der Waals surface area (Å²) in [5.41, 5.74) is 0. The smallest absolute Gasteiger partial charge is 0.466 e. The molecule has 0 aromatic carbocycles. The molecule has 0 bridgehead atoms. The van der Waals surface area contributed by atoms with Crippen LogP contribution in [0.2, 0.25) is 0 Å². The molecule has 1 unspecified atom stereocenters. The van der Waals surface area contributed by atoms with Gasteiger partial charge in [-0.1, -0.05) is 0 Å². The van der Waals surface area contributed by atoms with E-state index in [2.05, 4.69) is 9.26 Å². The SMILES string of the molecule is CO[P+](=O)CCCOC(C)=O. The molecule has 4 nitrogen and oxygen atoms in total. The summed E-state index contributed by atoms with van der Waals surface area (Å²) in [6.45, 7) is 1.66. The molecule has 0 heterocycles. The van der Waals surface area contributed by atoms with E-state index >= 15 is 0 Å². The number of carbonyl (C=O) groups excluding carboxylic acids is 1. The van der Waals surface area contributed by atoms with Gasteiger partial charge in [-0.15, -0.1) is 4.52 Å². The Balaban J connectivity index is 3.14. The van der Waals surface area contributed by atoms with E-state index in [4.69, 9.17) is 0 Å². The Hall–Kier alpha value is -0.470. The standard InChI is InChI=1S/C6H12O4P/c1-6(7)10-4-3-5-11(8)9-2/h3-5H2,1-2H3/q+1. The quantitative estimate of drug-likeness (QED) is 0.363. The van der Waals surface area contributed by atoms with Crippen molar-refractivity contribution in [3.63, 3.8) is 0 Å². The summed E-state index contributed by atoms with van der Waals surface area (Å²) in [5, 5.41) is 0. The second-order valence-electron chi connectivity index (χ2n) is 1.93. The van der Waals surface area contributed by atoms with Crippen molar-refractivity contribution in [1.29, 1.82) is 0 Å². The molecule has 11 heavy (non-hydrogen) atoms. The third-order valence-electron chi connectivity index (χ3n) is 0.994. The van der Waals surface area contributed by atoms with Gasteiger partial charge in [0.1, 0.15) is 0 Å². The third-order valence-corrected chi connectivity index (χ3v) is 2.08. The highest BCUT2D eigenvalue weighted by Gasteiger charge is 2.12. The van der Waals surface area contributed by atoms with Crippen molar-refractivity contribution in [2.75, 3.05) is 19.9 Å². The fourth-order valence-corrected chi connectivity index (χ4v) is 1.07. The Labute approximate surface area is 66.7 Å². The van der Waals surface area contributed by atoms with Crippen LogP contribution in [0.25, 0.3) is 0 Å². The topological polar surface area (TPSA) is 52.6 Å². The van der Waals surface area contributed by atoms with Crippen LogP contribution in [0.5, 0.6) is 0 Å². The largest absolute Gasteiger partial charge is 0.507 e. The third kappa shape index (κ3) is 7.43. The van der Waals surface area contributed by atoms with Gasteiger partial charge in [0.2, 0.25) is 0 Å². The minimum atomic E-state index is -1.55. The first-order chi connectivity index (χ1) is 5.16. The number of hydrogen-bond acceptors (Lipinski definition) is 4. The number of carbonyl (C=O) groups is 1. The van der Waals surface area contributed by atoms with Gasteiger partial charge in [-0.3, -0.25) is 4.79 Å². The predicted molar refractivity (Wildman–Crippen MR) is 40.7 cm³/mol.